The molecule has 2 aliphatic rings. The zero-order valence-electron chi connectivity index (χ0n) is 11.3. The van der Waals surface area contributed by atoms with Gasteiger partial charge in [-0.3, -0.25) is 0 Å². The third kappa shape index (κ3) is 1.79. The molecule has 1 aromatic heterocycles. The second-order valence-electron chi connectivity index (χ2n) is 6.15. The summed E-state index contributed by atoms with van der Waals surface area (Å²) in [5.41, 5.74) is 8.60. The molecule has 98 valence electrons. The van der Waals surface area contributed by atoms with Crippen LogP contribution >= 0.6 is 0 Å². The molecule has 1 saturated heterocycles. The van der Waals surface area contributed by atoms with Crippen LogP contribution in [0.3, 0.4) is 0 Å². The van der Waals surface area contributed by atoms with E-state index in [0.717, 1.165) is 18.9 Å². The van der Waals surface area contributed by atoms with Gasteiger partial charge in [-0.05, 0) is 31.2 Å². The Kier molecular flexibility index (Phi) is 2.77. The summed E-state index contributed by atoms with van der Waals surface area (Å²) >= 11 is 0. The molecule has 1 atom stereocenters. The van der Waals surface area contributed by atoms with Crippen LogP contribution in [-0.4, -0.2) is 29.1 Å². The Morgan fingerprint density at radius 2 is 2.33 bits per heavy atom. The van der Waals surface area contributed by atoms with Crippen LogP contribution in [0, 0.1) is 0 Å². The van der Waals surface area contributed by atoms with E-state index < -0.39 is 0 Å². The molecular formula is C14H22N4. The summed E-state index contributed by atoms with van der Waals surface area (Å²) in [4.78, 5) is 11.7. The van der Waals surface area contributed by atoms with Gasteiger partial charge in [0.2, 0.25) is 5.95 Å². The smallest absolute Gasteiger partial charge is 0.225 e. The molecule has 1 aromatic rings. The lowest BCUT2D eigenvalue weighted by Gasteiger charge is -2.25. The first-order chi connectivity index (χ1) is 8.62. The van der Waals surface area contributed by atoms with Crippen LogP contribution in [0.1, 0.15) is 44.4 Å². The monoisotopic (exact) mass is 246 g/mol. The van der Waals surface area contributed by atoms with Crippen LogP contribution in [-0.2, 0) is 11.8 Å². The molecule has 1 aliphatic carbocycles. The first kappa shape index (κ1) is 11.9. The van der Waals surface area contributed by atoms with Crippen LogP contribution in [0.2, 0.25) is 0 Å². The number of nitrogens with zero attached hydrogens (tertiary/aromatic N) is 3. The van der Waals surface area contributed by atoms with Crippen molar-refractivity contribution in [2.45, 2.75) is 51.0 Å². The first-order valence-corrected chi connectivity index (χ1v) is 6.95. The van der Waals surface area contributed by atoms with E-state index >= 15 is 0 Å². The lowest BCUT2D eigenvalue weighted by atomic mass is 9.91. The van der Waals surface area contributed by atoms with Gasteiger partial charge in [0, 0.05) is 30.7 Å². The standard InChI is InChI=1S/C14H22N4/c1-14(2)6-5-10-9-16-13(17-12(10)14)18-7-3-4-11(18)8-15/h9,11H,3-8,15H2,1-2H3. The highest BCUT2D eigenvalue weighted by molar-refractivity contribution is 5.40. The summed E-state index contributed by atoms with van der Waals surface area (Å²) in [5, 5.41) is 0. The lowest BCUT2D eigenvalue weighted by Crippen LogP contribution is -2.36. The molecule has 4 nitrogen and oxygen atoms in total. The SMILES string of the molecule is CC1(C)CCc2cnc(N3CCCC3CN)nc21. The van der Waals surface area contributed by atoms with E-state index in [0.29, 0.717) is 12.6 Å². The number of anilines is 1. The van der Waals surface area contributed by atoms with Gasteiger partial charge in [0.15, 0.2) is 0 Å². The second-order valence-corrected chi connectivity index (χ2v) is 6.15. The molecule has 0 saturated carbocycles. The Labute approximate surface area is 109 Å². The Hall–Kier alpha value is -1.16. The molecule has 0 spiro atoms. The number of rotatable bonds is 2. The first-order valence-electron chi connectivity index (χ1n) is 6.95. The minimum atomic E-state index is 0.199. The van der Waals surface area contributed by atoms with E-state index in [4.69, 9.17) is 10.7 Å². The number of aryl methyl sites for hydroxylation is 1. The predicted octanol–water partition coefficient (Wildman–Crippen LogP) is 1.63. The van der Waals surface area contributed by atoms with Crippen molar-refractivity contribution < 1.29 is 0 Å². The van der Waals surface area contributed by atoms with E-state index in [1.807, 2.05) is 6.20 Å². The number of nitrogens with two attached hydrogens (primary N) is 1. The van der Waals surface area contributed by atoms with Gasteiger partial charge in [-0.25, -0.2) is 9.97 Å². The molecule has 0 amide bonds. The van der Waals surface area contributed by atoms with Crippen molar-refractivity contribution in [1.29, 1.82) is 0 Å². The maximum absolute atomic E-state index is 5.83. The number of hydrogen-bond acceptors (Lipinski definition) is 4. The Morgan fingerprint density at radius 3 is 3.11 bits per heavy atom. The summed E-state index contributed by atoms with van der Waals surface area (Å²) in [5.74, 6) is 0.886. The lowest BCUT2D eigenvalue weighted by molar-refractivity contribution is 0.508. The predicted molar refractivity (Wildman–Crippen MR) is 72.8 cm³/mol. The Morgan fingerprint density at radius 1 is 1.50 bits per heavy atom. The number of hydrogen-bond donors (Lipinski definition) is 1. The van der Waals surface area contributed by atoms with Gasteiger partial charge in [0.05, 0.1) is 5.69 Å². The molecule has 0 radical (unpaired) electrons. The van der Waals surface area contributed by atoms with Crippen molar-refractivity contribution in [1.82, 2.24) is 9.97 Å². The van der Waals surface area contributed by atoms with Crippen LogP contribution in [0.15, 0.2) is 6.20 Å². The average molecular weight is 246 g/mol. The minimum Gasteiger partial charge on any atom is -0.337 e. The summed E-state index contributed by atoms with van der Waals surface area (Å²) in [7, 11) is 0. The van der Waals surface area contributed by atoms with E-state index in [2.05, 4.69) is 23.7 Å². The van der Waals surface area contributed by atoms with Crippen LogP contribution in [0.4, 0.5) is 5.95 Å². The van der Waals surface area contributed by atoms with Gasteiger partial charge < -0.3 is 10.6 Å². The van der Waals surface area contributed by atoms with Crippen molar-refractivity contribution in [2.75, 3.05) is 18.0 Å². The maximum Gasteiger partial charge on any atom is 0.225 e. The minimum absolute atomic E-state index is 0.199. The highest BCUT2D eigenvalue weighted by atomic mass is 15.3. The van der Waals surface area contributed by atoms with Gasteiger partial charge in [0.25, 0.3) is 0 Å². The maximum atomic E-state index is 5.83. The molecule has 4 heteroatoms. The molecule has 2 N–H and O–H groups in total. The van der Waals surface area contributed by atoms with Crippen molar-refractivity contribution in [2.24, 2.45) is 5.73 Å². The largest absolute Gasteiger partial charge is 0.337 e. The molecule has 1 unspecified atom stereocenters. The zero-order chi connectivity index (χ0) is 12.8. The Bertz CT molecular complexity index is 455. The molecular weight excluding hydrogens is 224 g/mol. The van der Waals surface area contributed by atoms with Gasteiger partial charge in [-0.1, -0.05) is 13.8 Å². The van der Waals surface area contributed by atoms with Crippen LogP contribution < -0.4 is 10.6 Å². The van der Waals surface area contributed by atoms with Gasteiger partial charge >= 0.3 is 0 Å². The fraction of sp³-hybridized carbons (Fsp3) is 0.714. The van der Waals surface area contributed by atoms with Gasteiger partial charge in [-0.2, -0.15) is 0 Å². The summed E-state index contributed by atoms with van der Waals surface area (Å²) in [6, 6.07) is 0.424. The molecule has 0 bridgehead atoms. The number of aromatic nitrogens is 2. The van der Waals surface area contributed by atoms with Crippen LogP contribution in [0.5, 0.6) is 0 Å². The van der Waals surface area contributed by atoms with Crippen molar-refractivity contribution in [3.63, 3.8) is 0 Å². The molecule has 0 aromatic carbocycles. The van der Waals surface area contributed by atoms with E-state index in [1.165, 1.54) is 30.5 Å². The van der Waals surface area contributed by atoms with E-state index in [1.54, 1.807) is 0 Å². The van der Waals surface area contributed by atoms with Crippen molar-refractivity contribution in [3.05, 3.63) is 17.5 Å². The molecule has 3 rings (SSSR count). The zero-order valence-corrected chi connectivity index (χ0v) is 11.3. The van der Waals surface area contributed by atoms with Gasteiger partial charge in [0.1, 0.15) is 0 Å². The summed E-state index contributed by atoms with van der Waals surface area (Å²) in [6.45, 7) is 6.30. The Balaban J connectivity index is 1.95. The van der Waals surface area contributed by atoms with Gasteiger partial charge in [-0.15, -0.1) is 0 Å². The van der Waals surface area contributed by atoms with Crippen LogP contribution in [0.25, 0.3) is 0 Å². The topological polar surface area (TPSA) is 55.0 Å². The summed E-state index contributed by atoms with van der Waals surface area (Å²) < 4.78 is 0. The highest BCUT2D eigenvalue weighted by Crippen LogP contribution is 2.37. The molecule has 18 heavy (non-hydrogen) atoms. The average Bonchev–Trinajstić information content (AvgIpc) is 2.94. The van der Waals surface area contributed by atoms with Crippen molar-refractivity contribution in [3.8, 4) is 0 Å². The second kappa shape index (κ2) is 4.19. The molecule has 2 heterocycles. The van der Waals surface area contributed by atoms with Crippen molar-refractivity contribution >= 4 is 5.95 Å². The third-order valence-electron chi connectivity index (χ3n) is 4.42. The number of fused-ring (bicyclic) bond motifs is 1. The van der Waals surface area contributed by atoms with E-state index in [9.17, 15) is 0 Å². The fourth-order valence-electron chi connectivity index (χ4n) is 3.21. The quantitative estimate of drug-likeness (QED) is 0.861. The molecule has 1 fully saturated rings. The normalized spacial score (nSPS) is 25.5. The highest BCUT2D eigenvalue weighted by Gasteiger charge is 2.33. The molecule has 1 aliphatic heterocycles. The van der Waals surface area contributed by atoms with E-state index in [-0.39, 0.29) is 5.41 Å². The fourth-order valence-corrected chi connectivity index (χ4v) is 3.21. The summed E-state index contributed by atoms with van der Waals surface area (Å²) in [6.07, 6.45) is 6.69. The third-order valence-corrected chi connectivity index (χ3v) is 4.42.